The molecule has 2 heterocycles. The van der Waals surface area contributed by atoms with Crippen LogP contribution in [0, 0.1) is 0 Å². The number of piperidine rings is 1. The fourth-order valence-corrected chi connectivity index (χ4v) is 3.00. The maximum Gasteiger partial charge on any atom is 0.0679 e. The van der Waals surface area contributed by atoms with Gasteiger partial charge in [-0.15, -0.1) is 0 Å². The largest absolute Gasteiger partial charge is 0.392 e. The maximum absolute atomic E-state index is 9.56. The van der Waals surface area contributed by atoms with Gasteiger partial charge in [-0.25, -0.2) is 0 Å². The lowest BCUT2D eigenvalue weighted by atomic mass is 9.97. The van der Waals surface area contributed by atoms with Crippen molar-refractivity contribution in [2.75, 3.05) is 26.2 Å². The number of likely N-dealkylation sites (tertiary alicyclic amines) is 2. The second kappa shape index (κ2) is 4.63. The highest BCUT2D eigenvalue weighted by Gasteiger charge is 2.32. The molecule has 1 atom stereocenters. The Kier molecular flexibility index (Phi) is 3.57. The molecule has 3 heteroatoms. The summed E-state index contributed by atoms with van der Waals surface area (Å²) in [6, 6.07) is 0.718. The SMILES string of the molecule is CC(C)(C)N1CCC(N2CC[C@H](O)C2)CC1. The van der Waals surface area contributed by atoms with E-state index in [1.54, 1.807) is 0 Å². The Balaban J connectivity index is 1.81. The number of β-amino-alcohol motifs (C(OH)–C–C–N with tert-alkyl or cyclic N) is 1. The molecule has 0 bridgehead atoms. The molecular weight excluding hydrogens is 200 g/mol. The summed E-state index contributed by atoms with van der Waals surface area (Å²) < 4.78 is 0. The van der Waals surface area contributed by atoms with Crippen LogP contribution >= 0.6 is 0 Å². The van der Waals surface area contributed by atoms with E-state index in [9.17, 15) is 5.11 Å². The topological polar surface area (TPSA) is 26.7 Å². The molecule has 0 spiro atoms. The van der Waals surface area contributed by atoms with Crippen LogP contribution in [0.25, 0.3) is 0 Å². The molecular formula is C13H26N2O. The Bertz CT molecular complexity index is 229. The molecule has 0 saturated carbocycles. The summed E-state index contributed by atoms with van der Waals surface area (Å²) in [5, 5.41) is 9.56. The van der Waals surface area contributed by atoms with Crippen molar-refractivity contribution in [2.45, 2.75) is 57.7 Å². The van der Waals surface area contributed by atoms with Crippen molar-refractivity contribution < 1.29 is 5.11 Å². The predicted octanol–water partition coefficient (Wildman–Crippen LogP) is 1.32. The molecule has 16 heavy (non-hydrogen) atoms. The van der Waals surface area contributed by atoms with Gasteiger partial charge >= 0.3 is 0 Å². The van der Waals surface area contributed by atoms with E-state index in [0.717, 1.165) is 25.6 Å². The first-order valence-electron chi connectivity index (χ1n) is 6.64. The van der Waals surface area contributed by atoms with Gasteiger partial charge in [0.05, 0.1) is 6.10 Å². The quantitative estimate of drug-likeness (QED) is 0.730. The lowest BCUT2D eigenvalue weighted by Crippen LogP contribution is -2.50. The molecule has 3 nitrogen and oxygen atoms in total. The van der Waals surface area contributed by atoms with Crippen molar-refractivity contribution in [3.63, 3.8) is 0 Å². The number of aliphatic hydroxyl groups excluding tert-OH is 1. The standard InChI is InChI=1S/C13H26N2O/c1-13(2,3)15-8-4-11(5-9-15)14-7-6-12(16)10-14/h11-12,16H,4-10H2,1-3H3/t12-/m0/s1. The number of nitrogens with zero attached hydrogens (tertiary/aromatic N) is 2. The number of rotatable bonds is 1. The predicted molar refractivity (Wildman–Crippen MR) is 66.5 cm³/mol. The Hall–Kier alpha value is -0.120. The van der Waals surface area contributed by atoms with Gasteiger partial charge in [0.1, 0.15) is 0 Å². The van der Waals surface area contributed by atoms with Gasteiger partial charge in [0.15, 0.2) is 0 Å². The third-order valence-electron chi connectivity index (χ3n) is 4.12. The molecule has 0 aromatic carbocycles. The smallest absolute Gasteiger partial charge is 0.0679 e. The van der Waals surface area contributed by atoms with E-state index < -0.39 is 0 Å². The van der Waals surface area contributed by atoms with Crippen LogP contribution in [0.3, 0.4) is 0 Å². The minimum absolute atomic E-state index is 0.0688. The first kappa shape index (κ1) is 12.3. The highest BCUT2D eigenvalue weighted by molar-refractivity contribution is 4.88. The van der Waals surface area contributed by atoms with Crippen molar-refractivity contribution in [3.8, 4) is 0 Å². The minimum atomic E-state index is -0.0688. The Morgan fingerprint density at radius 1 is 1.00 bits per heavy atom. The van der Waals surface area contributed by atoms with Crippen LogP contribution in [-0.2, 0) is 0 Å². The monoisotopic (exact) mass is 226 g/mol. The van der Waals surface area contributed by atoms with E-state index in [2.05, 4.69) is 30.6 Å². The summed E-state index contributed by atoms with van der Waals surface area (Å²) >= 11 is 0. The molecule has 0 aromatic rings. The summed E-state index contributed by atoms with van der Waals surface area (Å²) in [5.41, 5.74) is 0.315. The fourth-order valence-electron chi connectivity index (χ4n) is 3.00. The second-order valence-corrected chi connectivity index (χ2v) is 6.33. The third-order valence-corrected chi connectivity index (χ3v) is 4.12. The van der Waals surface area contributed by atoms with Crippen molar-refractivity contribution in [1.29, 1.82) is 0 Å². The first-order chi connectivity index (χ1) is 7.47. The van der Waals surface area contributed by atoms with Gasteiger partial charge in [-0.2, -0.15) is 0 Å². The van der Waals surface area contributed by atoms with Gasteiger partial charge in [0, 0.05) is 37.8 Å². The summed E-state index contributed by atoms with van der Waals surface area (Å²) in [6.07, 6.45) is 3.44. The molecule has 0 aliphatic carbocycles. The first-order valence-corrected chi connectivity index (χ1v) is 6.64. The van der Waals surface area contributed by atoms with Gasteiger partial charge < -0.3 is 5.11 Å². The van der Waals surface area contributed by atoms with Crippen LogP contribution in [0.2, 0.25) is 0 Å². The van der Waals surface area contributed by atoms with E-state index >= 15 is 0 Å². The van der Waals surface area contributed by atoms with Crippen molar-refractivity contribution in [3.05, 3.63) is 0 Å². The van der Waals surface area contributed by atoms with Crippen LogP contribution in [0.4, 0.5) is 0 Å². The summed E-state index contributed by atoms with van der Waals surface area (Å²) in [6.45, 7) is 11.3. The maximum atomic E-state index is 9.56. The molecule has 2 aliphatic rings. The summed E-state index contributed by atoms with van der Waals surface area (Å²) in [4.78, 5) is 5.07. The van der Waals surface area contributed by atoms with Crippen molar-refractivity contribution >= 4 is 0 Å². The molecule has 2 saturated heterocycles. The average molecular weight is 226 g/mol. The van der Waals surface area contributed by atoms with Gasteiger partial charge in [-0.05, 0) is 40.0 Å². The molecule has 2 aliphatic heterocycles. The van der Waals surface area contributed by atoms with Crippen LogP contribution in [-0.4, -0.2) is 58.8 Å². The van der Waals surface area contributed by atoms with Crippen LogP contribution < -0.4 is 0 Å². The molecule has 0 aromatic heterocycles. The van der Waals surface area contributed by atoms with Gasteiger partial charge in [-0.1, -0.05) is 0 Å². The molecule has 94 valence electrons. The normalized spacial score (nSPS) is 31.1. The van der Waals surface area contributed by atoms with E-state index in [4.69, 9.17) is 0 Å². The number of hydrogen-bond acceptors (Lipinski definition) is 3. The van der Waals surface area contributed by atoms with Gasteiger partial charge in [0.25, 0.3) is 0 Å². The Morgan fingerprint density at radius 3 is 2.06 bits per heavy atom. The molecule has 0 amide bonds. The Labute approximate surface area is 99.4 Å². The van der Waals surface area contributed by atoms with E-state index in [1.165, 1.54) is 25.9 Å². The molecule has 2 rings (SSSR count). The van der Waals surface area contributed by atoms with E-state index in [-0.39, 0.29) is 6.10 Å². The molecule has 0 unspecified atom stereocenters. The highest BCUT2D eigenvalue weighted by atomic mass is 16.3. The van der Waals surface area contributed by atoms with Gasteiger partial charge in [0.2, 0.25) is 0 Å². The molecule has 1 N–H and O–H groups in total. The summed E-state index contributed by atoms with van der Waals surface area (Å²) in [7, 11) is 0. The fraction of sp³-hybridized carbons (Fsp3) is 1.00. The van der Waals surface area contributed by atoms with E-state index in [0.29, 0.717) is 5.54 Å². The third kappa shape index (κ3) is 2.76. The van der Waals surface area contributed by atoms with Crippen LogP contribution in [0.5, 0.6) is 0 Å². The second-order valence-electron chi connectivity index (χ2n) is 6.33. The zero-order valence-electron chi connectivity index (χ0n) is 10.9. The Morgan fingerprint density at radius 2 is 1.62 bits per heavy atom. The average Bonchev–Trinajstić information content (AvgIpc) is 2.64. The minimum Gasteiger partial charge on any atom is -0.392 e. The lowest BCUT2D eigenvalue weighted by Gasteiger charge is -2.43. The van der Waals surface area contributed by atoms with Crippen LogP contribution in [0.15, 0.2) is 0 Å². The summed E-state index contributed by atoms with van der Waals surface area (Å²) in [5.74, 6) is 0. The van der Waals surface area contributed by atoms with E-state index in [1.807, 2.05) is 0 Å². The highest BCUT2D eigenvalue weighted by Crippen LogP contribution is 2.25. The molecule has 2 fully saturated rings. The van der Waals surface area contributed by atoms with Crippen molar-refractivity contribution in [1.82, 2.24) is 9.80 Å². The van der Waals surface area contributed by atoms with Crippen molar-refractivity contribution in [2.24, 2.45) is 0 Å². The van der Waals surface area contributed by atoms with Gasteiger partial charge in [-0.3, -0.25) is 9.80 Å². The number of aliphatic hydroxyl groups is 1. The number of hydrogen-bond donors (Lipinski definition) is 1. The lowest BCUT2D eigenvalue weighted by molar-refractivity contribution is 0.0594. The zero-order valence-corrected chi connectivity index (χ0v) is 10.9. The van der Waals surface area contributed by atoms with Crippen LogP contribution in [0.1, 0.15) is 40.0 Å². The molecule has 0 radical (unpaired) electrons. The zero-order chi connectivity index (χ0) is 11.8.